The first kappa shape index (κ1) is 15.5. The molecule has 1 aromatic carbocycles. The Morgan fingerprint density at radius 2 is 1.96 bits per heavy atom. The van der Waals surface area contributed by atoms with Gasteiger partial charge in [-0.1, -0.05) is 12.1 Å². The van der Waals surface area contributed by atoms with Gasteiger partial charge in [-0.3, -0.25) is 18.7 Å². The zero-order chi connectivity index (χ0) is 16.6. The first-order valence-corrected chi connectivity index (χ1v) is 7.98. The molecule has 0 bridgehead atoms. The molecule has 3 rings (SSSR count). The number of aromatic nitrogens is 2. The molecular formula is C17H21N3O3. The van der Waals surface area contributed by atoms with Gasteiger partial charge in [-0.15, -0.1) is 0 Å². The average Bonchev–Trinajstić information content (AvgIpc) is 2.57. The fourth-order valence-corrected chi connectivity index (χ4v) is 3.29. The topological polar surface area (TPSA) is 64.3 Å². The smallest absolute Gasteiger partial charge is 0.331 e. The second-order valence-electron chi connectivity index (χ2n) is 6.18. The number of nitrogens with zero attached hydrogens (tertiary/aromatic N) is 3. The minimum atomic E-state index is -0.452. The molecule has 0 aliphatic carbocycles. The molecule has 1 unspecified atom stereocenters. The van der Waals surface area contributed by atoms with Crippen molar-refractivity contribution in [2.75, 3.05) is 6.54 Å². The minimum Gasteiger partial charge on any atom is -0.338 e. The van der Waals surface area contributed by atoms with Gasteiger partial charge in [0.1, 0.15) is 6.54 Å². The fraction of sp³-hybridized carbons (Fsp3) is 0.471. The summed E-state index contributed by atoms with van der Waals surface area (Å²) in [4.78, 5) is 39.1. The summed E-state index contributed by atoms with van der Waals surface area (Å²) >= 11 is 0. The molecule has 1 aliphatic heterocycles. The number of hydrogen-bond donors (Lipinski definition) is 0. The molecule has 0 saturated carbocycles. The Hall–Kier alpha value is -2.37. The normalized spacial score (nSPS) is 18.3. The highest BCUT2D eigenvalue weighted by Gasteiger charge is 2.24. The van der Waals surface area contributed by atoms with Crippen LogP contribution in [0.25, 0.3) is 10.9 Å². The molecule has 0 N–H and O–H groups in total. The van der Waals surface area contributed by atoms with Gasteiger partial charge in [0.15, 0.2) is 0 Å². The number of hydrogen-bond acceptors (Lipinski definition) is 3. The molecule has 1 atom stereocenters. The minimum absolute atomic E-state index is 0.0300. The molecule has 23 heavy (non-hydrogen) atoms. The number of carbonyl (C=O) groups is 1. The third kappa shape index (κ3) is 2.69. The van der Waals surface area contributed by atoms with Crippen LogP contribution < -0.4 is 11.2 Å². The third-order valence-electron chi connectivity index (χ3n) is 4.66. The van der Waals surface area contributed by atoms with Crippen LogP contribution in [0.3, 0.4) is 0 Å². The maximum atomic E-state index is 12.6. The van der Waals surface area contributed by atoms with Crippen LogP contribution in [0.5, 0.6) is 0 Å². The van der Waals surface area contributed by atoms with Crippen LogP contribution in [-0.2, 0) is 18.4 Å². The van der Waals surface area contributed by atoms with E-state index in [4.69, 9.17) is 0 Å². The van der Waals surface area contributed by atoms with Crippen LogP contribution in [0.4, 0.5) is 0 Å². The number of fused-ring (bicyclic) bond motifs is 1. The summed E-state index contributed by atoms with van der Waals surface area (Å²) in [7, 11) is 1.45. The van der Waals surface area contributed by atoms with Crippen molar-refractivity contribution in [2.45, 2.75) is 38.8 Å². The number of amides is 1. The zero-order valence-electron chi connectivity index (χ0n) is 13.5. The molecule has 2 heterocycles. The predicted molar refractivity (Wildman–Crippen MR) is 88.5 cm³/mol. The van der Waals surface area contributed by atoms with Crippen molar-refractivity contribution in [3.8, 4) is 0 Å². The van der Waals surface area contributed by atoms with Gasteiger partial charge in [-0.05, 0) is 38.3 Å². The second-order valence-corrected chi connectivity index (χ2v) is 6.18. The van der Waals surface area contributed by atoms with E-state index >= 15 is 0 Å². The van der Waals surface area contributed by atoms with Crippen LogP contribution in [-0.4, -0.2) is 32.5 Å². The van der Waals surface area contributed by atoms with Gasteiger partial charge < -0.3 is 4.90 Å². The molecule has 6 nitrogen and oxygen atoms in total. The number of piperidine rings is 1. The lowest BCUT2D eigenvalue weighted by molar-refractivity contribution is -0.135. The largest absolute Gasteiger partial charge is 0.338 e. The number of rotatable bonds is 2. The summed E-state index contributed by atoms with van der Waals surface area (Å²) in [6.45, 7) is 2.74. The number of para-hydroxylation sites is 1. The second kappa shape index (κ2) is 6.02. The first-order valence-electron chi connectivity index (χ1n) is 7.98. The lowest BCUT2D eigenvalue weighted by Gasteiger charge is -2.33. The number of carbonyl (C=O) groups excluding carboxylic acids is 1. The summed E-state index contributed by atoms with van der Waals surface area (Å²) in [5, 5.41) is 0.453. The number of likely N-dealkylation sites (tertiary alicyclic amines) is 1. The van der Waals surface area contributed by atoms with Crippen LogP contribution in [0, 0.1) is 0 Å². The van der Waals surface area contributed by atoms with Crippen molar-refractivity contribution in [3.63, 3.8) is 0 Å². The molecule has 6 heteroatoms. The van der Waals surface area contributed by atoms with Crippen molar-refractivity contribution in [1.82, 2.24) is 14.0 Å². The Morgan fingerprint density at radius 3 is 2.70 bits per heavy atom. The Kier molecular flexibility index (Phi) is 4.07. The monoisotopic (exact) mass is 315 g/mol. The molecule has 1 saturated heterocycles. The predicted octanol–water partition coefficient (Wildman–Crippen LogP) is 1.10. The lowest BCUT2D eigenvalue weighted by Crippen LogP contribution is -2.46. The Bertz CT molecular complexity index is 865. The molecule has 1 aliphatic rings. The molecule has 1 aromatic heterocycles. The highest BCUT2D eigenvalue weighted by Crippen LogP contribution is 2.17. The molecule has 0 radical (unpaired) electrons. The van der Waals surface area contributed by atoms with Gasteiger partial charge in [0, 0.05) is 19.6 Å². The maximum absolute atomic E-state index is 12.6. The van der Waals surface area contributed by atoms with E-state index in [1.165, 1.54) is 11.6 Å². The van der Waals surface area contributed by atoms with Crippen LogP contribution in [0.2, 0.25) is 0 Å². The summed E-state index contributed by atoms with van der Waals surface area (Å²) in [5.41, 5.74) is -0.272. The van der Waals surface area contributed by atoms with Crippen molar-refractivity contribution in [1.29, 1.82) is 0 Å². The Balaban J connectivity index is 2.05. The van der Waals surface area contributed by atoms with Crippen LogP contribution >= 0.6 is 0 Å². The van der Waals surface area contributed by atoms with Gasteiger partial charge in [-0.2, -0.15) is 0 Å². The average molecular weight is 315 g/mol. The molecule has 2 aromatic rings. The quantitative estimate of drug-likeness (QED) is 0.833. The fourth-order valence-electron chi connectivity index (χ4n) is 3.29. The van der Waals surface area contributed by atoms with Gasteiger partial charge in [0.05, 0.1) is 10.9 Å². The van der Waals surface area contributed by atoms with Crippen molar-refractivity contribution >= 4 is 16.8 Å². The maximum Gasteiger partial charge on any atom is 0.331 e. The van der Waals surface area contributed by atoms with E-state index in [1.807, 2.05) is 11.8 Å². The highest BCUT2D eigenvalue weighted by atomic mass is 16.2. The summed E-state index contributed by atoms with van der Waals surface area (Å²) in [6, 6.07) is 7.12. The highest BCUT2D eigenvalue weighted by molar-refractivity contribution is 5.81. The van der Waals surface area contributed by atoms with E-state index in [0.717, 1.165) is 30.4 Å². The van der Waals surface area contributed by atoms with Crippen LogP contribution in [0.1, 0.15) is 26.2 Å². The van der Waals surface area contributed by atoms with E-state index in [-0.39, 0.29) is 24.1 Å². The van der Waals surface area contributed by atoms with E-state index < -0.39 is 5.69 Å². The Labute approximate surface area is 133 Å². The zero-order valence-corrected chi connectivity index (χ0v) is 13.5. The first-order chi connectivity index (χ1) is 11.0. The third-order valence-corrected chi connectivity index (χ3v) is 4.66. The van der Waals surface area contributed by atoms with Crippen molar-refractivity contribution in [3.05, 3.63) is 45.1 Å². The van der Waals surface area contributed by atoms with E-state index in [2.05, 4.69) is 0 Å². The SMILES string of the molecule is CC1CCCCN1C(=O)Cn1c(=O)n(C)c(=O)c2ccccc21. The Morgan fingerprint density at radius 1 is 1.22 bits per heavy atom. The van der Waals surface area contributed by atoms with Gasteiger partial charge in [-0.25, -0.2) is 4.79 Å². The molecule has 0 spiro atoms. The lowest BCUT2D eigenvalue weighted by atomic mass is 10.0. The summed E-state index contributed by atoms with van der Waals surface area (Å²) < 4.78 is 2.47. The molecule has 122 valence electrons. The van der Waals surface area contributed by atoms with Crippen molar-refractivity contribution in [2.24, 2.45) is 7.05 Å². The van der Waals surface area contributed by atoms with E-state index in [1.54, 1.807) is 24.3 Å². The summed E-state index contributed by atoms with van der Waals surface area (Å²) in [5.74, 6) is -0.0666. The summed E-state index contributed by atoms with van der Waals surface area (Å²) in [6.07, 6.45) is 3.13. The molecule has 1 fully saturated rings. The standard InChI is InChI=1S/C17H21N3O3/c1-12-7-5-6-10-19(12)15(21)11-20-14-9-4-3-8-13(14)16(22)18(2)17(20)23/h3-4,8-9,12H,5-7,10-11H2,1-2H3. The molecule has 1 amide bonds. The van der Waals surface area contributed by atoms with Gasteiger partial charge >= 0.3 is 5.69 Å². The molecular weight excluding hydrogens is 294 g/mol. The number of benzene rings is 1. The van der Waals surface area contributed by atoms with E-state index in [9.17, 15) is 14.4 Å². The van der Waals surface area contributed by atoms with Gasteiger partial charge in [0.2, 0.25) is 5.91 Å². The van der Waals surface area contributed by atoms with Crippen molar-refractivity contribution < 1.29 is 4.79 Å². The van der Waals surface area contributed by atoms with Crippen LogP contribution in [0.15, 0.2) is 33.9 Å². The van der Waals surface area contributed by atoms with E-state index in [0.29, 0.717) is 10.9 Å². The van der Waals surface area contributed by atoms with Gasteiger partial charge in [0.25, 0.3) is 5.56 Å².